The number of hydrogen-bond acceptors (Lipinski definition) is 5. The maximum atomic E-state index is 13.1. The van der Waals surface area contributed by atoms with Crippen LogP contribution in [0.4, 0.5) is 10.2 Å². The van der Waals surface area contributed by atoms with Gasteiger partial charge in [0.05, 0.1) is 12.2 Å². The molecule has 2 aromatic carbocycles. The second kappa shape index (κ2) is 9.21. The van der Waals surface area contributed by atoms with Crippen molar-refractivity contribution in [2.45, 2.75) is 32.5 Å². The number of fused-ring (bicyclic) bond motifs is 2. The van der Waals surface area contributed by atoms with Crippen LogP contribution >= 0.6 is 0 Å². The molecule has 35 heavy (non-hydrogen) atoms. The molecule has 1 unspecified atom stereocenters. The van der Waals surface area contributed by atoms with Crippen molar-refractivity contribution in [1.82, 2.24) is 14.5 Å². The minimum atomic E-state index is -0.718. The van der Waals surface area contributed by atoms with Crippen molar-refractivity contribution in [3.8, 4) is 5.75 Å². The molecule has 1 aromatic heterocycles. The molecular weight excluding hydrogens is 453 g/mol. The molecule has 0 aliphatic carbocycles. The molecular formula is C25H24FN5O4. The fourth-order valence-electron chi connectivity index (χ4n) is 4.45. The summed E-state index contributed by atoms with van der Waals surface area (Å²) in [7, 11) is 0. The van der Waals surface area contributed by atoms with Gasteiger partial charge in [0.1, 0.15) is 24.0 Å². The highest BCUT2D eigenvalue weighted by atomic mass is 19.1. The first-order valence-corrected chi connectivity index (χ1v) is 11.3. The van der Waals surface area contributed by atoms with Gasteiger partial charge in [-0.2, -0.15) is 0 Å². The summed E-state index contributed by atoms with van der Waals surface area (Å²) in [6, 6.07) is 12.0. The fraction of sp³-hybridized carbons (Fsp3) is 0.280. The van der Waals surface area contributed by atoms with Crippen LogP contribution in [0.15, 0.2) is 48.8 Å². The first-order chi connectivity index (χ1) is 16.9. The third kappa shape index (κ3) is 4.72. The average Bonchev–Trinajstić information content (AvgIpc) is 3.26. The lowest BCUT2D eigenvalue weighted by Crippen LogP contribution is -2.41. The quantitative estimate of drug-likeness (QED) is 0.564. The molecule has 0 bridgehead atoms. The molecule has 10 heteroatoms. The van der Waals surface area contributed by atoms with E-state index >= 15 is 0 Å². The number of imidazole rings is 1. The molecule has 3 aromatic rings. The molecule has 5 rings (SSSR count). The van der Waals surface area contributed by atoms with Crippen molar-refractivity contribution in [1.29, 1.82) is 0 Å². The van der Waals surface area contributed by atoms with E-state index in [9.17, 15) is 18.8 Å². The number of amides is 3. The van der Waals surface area contributed by atoms with Gasteiger partial charge in [-0.3, -0.25) is 14.4 Å². The Kier molecular flexibility index (Phi) is 5.94. The summed E-state index contributed by atoms with van der Waals surface area (Å²) < 4.78 is 20.5. The summed E-state index contributed by atoms with van der Waals surface area (Å²) in [4.78, 5) is 42.7. The molecule has 1 atom stereocenters. The van der Waals surface area contributed by atoms with Crippen LogP contribution in [0.1, 0.15) is 33.6 Å². The van der Waals surface area contributed by atoms with Gasteiger partial charge in [-0.05, 0) is 47.4 Å². The molecule has 2 aliphatic heterocycles. The predicted molar refractivity (Wildman–Crippen MR) is 124 cm³/mol. The molecule has 9 nitrogen and oxygen atoms in total. The fourth-order valence-corrected chi connectivity index (χ4v) is 4.45. The van der Waals surface area contributed by atoms with E-state index in [-0.39, 0.29) is 42.1 Å². The number of halogens is 1. The van der Waals surface area contributed by atoms with E-state index in [2.05, 4.69) is 10.3 Å². The van der Waals surface area contributed by atoms with Crippen LogP contribution in [0.3, 0.4) is 0 Å². The number of benzene rings is 2. The summed E-state index contributed by atoms with van der Waals surface area (Å²) in [5, 5.41) is 2.65. The van der Waals surface area contributed by atoms with E-state index < -0.39 is 11.8 Å². The van der Waals surface area contributed by atoms with Gasteiger partial charge in [0.2, 0.25) is 11.8 Å². The highest BCUT2D eigenvalue weighted by Crippen LogP contribution is 2.27. The molecule has 0 saturated heterocycles. The monoisotopic (exact) mass is 477 g/mol. The third-order valence-electron chi connectivity index (χ3n) is 6.38. The summed E-state index contributed by atoms with van der Waals surface area (Å²) in [5.41, 5.74) is 8.33. The SMILES string of the molecule is NC(=O)c1ncn2c1NC(=O)C(CC(=O)N1CCc3cc(OCc4ccc(F)cc4)ccc3C1)C2. The summed E-state index contributed by atoms with van der Waals surface area (Å²) in [6.07, 6.45) is 2.18. The zero-order chi connectivity index (χ0) is 24.5. The van der Waals surface area contributed by atoms with E-state index in [1.54, 1.807) is 21.6 Å². The number of anilines is 1. The average molecular weight is 477 g/mol. The normalized spacial score (nSPS) is 16.8. The number of hydrogen-bond donors (Lipinski definition) is 2. The Morgan fingerprint density at radius 2 is 1.97 bits per heavy atom. The third-order valence-corrected chi connectivity index (χ3v) is 6.38. The Balaban J connectivity index is 1.19. The van der Waals surface area contributed by atoms with Crippen molar-refractivity contribution >= 4 is 23.5 Å². The minimum absolute atomic E-state index is 0.0109. The lowest BCUT2D eigenvalue weighted by Gasteiger charge is -2.31. The lowest BCUT2D eigenvalue weighted by atomic mass is 9.97. The Bertz CT molecular complexity index is 1300. The topological polar surface area (TPSA) is 120 Å². The van der Waals surface area contributed by atoms with Crippen LogP contribution in [-0.2, 0) is 35.7 Å². The molecule has 0 saturated carbocycles. The van der Waals surface area contributed by atoms with E-state index in [1.165, 1.54) is 18.5 Å². The smallest absolute Gasteiger partial charge is 0.271 e. The van der Waals surface area contributed by atoms with Crippen molar-refractivity contribution in [2.75, 3.05) is 11.9 Å². The second-order valence-electron chi connectivity index (χ2n) is 8.76. The largest absolute Gasteiger partial charge is 0.489 e. The van der Waals surface area contributed by atoms with Gasteiger partial charge < -0.3 is 25.3 Å². The first-order valence-electron chi connectivity index (χ1n) is 11.3. The number of carbonyl (C=O) groups is 3. The molecule has 0 fully saturated rings. The molecule has 0 radical (unpaired) electrons. The zero-order valence-corrected chi connectivity index (χ0v) is 18.9. The van der Waals surface area contributed by atoms with Gasteiger partial charge in [0.15, 0.2) is 5.69 Å². The highest BCUT2D eigenvalue weighted by molar-refractivity contribution is 6.03. The number of carbonyl (C=O) groups excluding carboxylic acids is 3. The number of nitrogens with two attached hydrogens (primary N) is 1. The van der Waals surface area contributed by atoms with Gasteiger partial charge in [-0.1, -0.05) is 18.2 Å². The highest BCUT2D eigenvalue weighted by Gasteiger charge is 2.33. The van der Waals surface area contributed by atoms with Crippen LogP contribution in [0.5, 0.6) is 5.75 Å². The van der Waals surface area contributed by atoms with Gasteiger partial charge in [-0.25, -0.2) is 9.37 Å². The minimum Gasteiger partial charge on any atom is -0.489 e. The molecule has 3 heterocycles. The number of aromatic nitrogens is 2. The molecule has 0 spiro atoms. The van der Waals surface area contributed by atoms with Crippen molar-refractivity contribution in [2.24, 2.45) is 11.7 Å². The van der Waals surface area contributed by atoms with Gasteiger partial charge in [-0.15, -0.1) is 0 Å². The Labute approximate surface area is 200 Å². The maximum absolute atomic E-state index is 13.1. The maximum Gasteiger partial charge on any atom is 0.271 e. The summed E-state index contributed by atoms with van der Waals surface area (Å²) in [5.74, 6) is -0.998. The molecule has 3 N–H and O–H groups in total. The molecule has 2 aliphatic rings. The number of nitrogens with one attached hydrogen (secondary N) is 1. The van der Waals surface area contributed by atoms with Crippen LogP contribution in [0.25, 0.3) is 0 Å². The van der Waals surface area contributed by atoms with E-state index in [0.717, 1.165) is 22.4 Å². The first kappa shape index (κ1) is 22.6. The summed E-state index contributed by atoms with van der Waals surface area (Å²) >= 11 is 0. The van der Waals surface area contributed by atoms with Crippen molar-refractivity contribution in [3.05, 3.63) is 77.0 Å². The van der Waals surface area contributed by atoms with E-state index in [1.807, 2.05) is 18.2 Å². The molecule has 3 amide bonds. The number of primary amides is 1. The van der Waals surface area contributed by atoms with Gasteiger partial charge in [0.25, 0.3) is 5.91 Å². The van der Waals surface area contributed by atoms with E-state index in [0.29, 0.717) is 26.1 Å². The molecule has 180 valence electrons. The van der Waals surface area contributed by atoms with Crippen LogP contribution in [0.2, 0.25) is 0 Å². The van der Waals surface area contributed by atoms with E-state index in [4.69, 9.17) is 10.5 Å². The second-order valence-corrected chi connectivity index (χ2v) is 8.76. The number of rotatable bonds is 6. The van der Waals surface area contributed by atoms with Crippen LogP contribution in [0, 0.1) is 11.7 Å². The zero-order valence-electron chi connectivity index (χ0n) is 18.9. The van der Waals surface area contributed by atoms with Crippen molar-refractivity contribution < 1.29 is 23.5 Å². The Morgan fingerprint density at radius 1 is 1.17 bits per heavy atom. The lowest BCUT2D eigenvalue weighted by molar-refractivity contribution is -0.136. The Hall–Kier alpha value is -4.21. The number of nitrogens with zero attached hydrogens (tertiary/aromatic N) is 3. The standard InChI is InChI=1S/C25H24FN5O4/c26-19-4-1-15(2-5-19)13-35-20-6-3-17-11-30(8-7-16(17)9-20)21(32)10-18-12-31-14-28-22(23(27)33)24(31)29-25(18)34/h1-6,9,14,18H,7-8,10-13H2,(H2,27,33)(H,29,34). The predicted octanol–water partition coefficient (Wildman–Crippen LogP) is 2.24. The van der Waals surface area contributed by atoms with Crippen molar-refractivity contribution in [3.63, 3.8) is 0 Å². The van der Waals surface area contributed by atoms with Crippen LogP contribution < -0.4 is 15.8 Å². The summed E-state index contributed by atoms with van der Waals surface area (Å²) in [6.45, 7) is 1.60. The van der Waals surface area contributed by atoms with Crippen LogP contribution in [-0.4, -0.2) is 38.7 Å². The Morgan fingerprint density at radius 3 is 2.74 bits per heavy atom. The van der Waals surface area contributed by atoms with Gasteiger partial charge >= 0.3 is 0 Å². The number of ether oxygens (including phenoxy) is 1. The van der Waals surface area contributed by atoms with Gasteiger partial charge in [0, 0.05) is 26.1 Å².